The molecule has 0 aliphatic carbocycles. The van der Waals surface area contributed by atoms with Crippen molar-refractivity contribution >= 4 is 0 Å². The molecule has 1 N–H and O–H groups in total. The average Bonchev–Trinajstić information content (AvgIpc) is 2.94. The highest BCUT2D eigenvalue weighted by atomic mass is 19.1. The number of aliphatic hydroxyl groups excluding tert-OH is 1. The van der Waals surface area contributed by atoms with Gasteiger partial charge in [-0.2, -0.15) is 0 Å². The van der Waals surface area contributed by atoms with Gasteiger partial charge in [-0.25, -0.2) is 4.39 Å². The van der Waals surface area contributed by atoms with Crippen LogP contribution >= 0.6 is 0 Å². The number of pyridine rings is 2. The maximum absolute atomic E-state index is 14.5. The number of rotatable bonds is 3. The average molecular weight is 321 g/mol. The van der Waals surface area contributed by atoms with E-state index >= 15 is 0 Å². The first kappa shape index (κ1) is 14.9. The fourth-order valence-electron chi connectivity index (χ4n) is 3.05. The molecule has 4 rings (SSSR count). The highest BCUT2D eigenvalue weighted by molar-refractivity contribution is 5.63. The summed E-state index contributed by atoms with van der Waals surface area (Å²) in [6, 6.07) is 12.5. The monoisotopic (exact) mass is 321 g/mol. The Morgan fingerprint density at radius 1 is 1.08 bits per heavy atom. The number of aliphatic hydroxyl groups is 1. The zero-order valence-electron chi connectivity index (χ0n) is 12.9. The Labute approximate surface area is 139 Å². The van der Waals surface area contributed by atoms with Gasteiger partial charge in [0.05, 0.1) is 5.69 Å². The van der Waals surface area contributed by atoms with Crippen molar-refractivity contribution in [2.24, 2.45) is 0 Å². The van der Waals surface area contributed by atoms with Crippen LogP contribution in [0.1, 0.15) is 23.0 Å². The van der Waals surface area contributed by atoms with Gasteiger partial charge in [-0.3, -0.25) is 14.9 Å². The molecule has 1 unspecified atom stereocenters. The van der Waals surface area contributed by atoms with Gasteiger partial charge in [-0.1, -0.05) is 18.2 Å². The van der Waals surface area contributed by atoms with Crippen LogP contribution in [0.25, 0.3) is 11.1 Å². The van der Waals surface area contributed by atoms with Crippen molar-refractivity contribution in [1.82, 2.24) is 14.9 Å². The lowest BCUT2D eigenvalue weighted by molar-refractivity contribution is 0.00695. The van der Waals surface area contributed by atoms with Crippen molar-refractivity contribution < 1.29 is 9.50 Å². The van der Waals surface area contributed by atoms with Gasteiger partial charge < -0.3 is 5.11 Å². The smallest absolute Gasteiger partial charge is 0.136 e. The van der Waals surface area contributed by atoms with Crippen molar-refractivity contribution in [2.75, 3.05) is 0 Å². The van der Waals surface area contributed by atoms with E-state index in [1.54, 1.807) is 30.7 Å². The first-order valence-corrected chi connectivity index (χ1v) is 7.77. The Morgan fingerprint density at radius 2 is 1.92 bits per heavy atom. The third-order valence-electron chi connectivity index (χ3n) is 4.34. The predicted molar refractivity (Wildman–Crippen MR) is 88.1 cm³/mol. The molecule has 1 aliphatic heterocycles. The molecule has 0 spiro atoms. The van der Waals surface area contributed by atoms with Crippen molar-refractivity contribution in [1.29, 1.82) is 0 Å². The first-order valence-electron chi connectivity index (χ1n) is 7.77. The molecule has 1 aromatic carbocycles. The van der Waals surface area contributed by atoms with Crippen LogP contribution in [0.15, 0.2) is 61.1 Å². The first-order chi connectivity index (χ1) is 11.7. The molecule has 0 radical (unpaired) electrons. The number of hydrogen-bond acceptors (Lipinski definition) is 4. The van der Waals surface area contributed by atoms with E-state index in [2.05, 4.69) is 9.97 Å². The number of benzene rings is 1. The van der Waals surface area contributed by atoms with Crippen molar-refractivity contribution in [3.63, 3.8) is 0 Å². The predicted octanol–water partition coefficient (Wildman–Crippen LogP) is 3.29. The molecule has 0 bridgehead atoms. The van der Waals surface area contributed by atoms with E-state index in [1.165, 1.54) is 6.07 Å². The van der Waals surface area contributed by atoms with Crippen molar-refractivity contribution in [2.45, 2.75) is 19.3 Å². The zero-order chi connectivity index (χ0) is 16.5. The third kappa shape index (κ3) is 2.68. The van der Waals surface area contributed by atoms with E-state index in [0.29, 0.717) is 18.7 Å². The number of halogens is 1. The van der Waals surface area contributed by atoms with Gasteiger partial charge in [0, 0.05) is 42.8 Å². The lowest BCUT2D eigenvalue weighted by Crippen LogP contribution is -2.22. The van der Waals surface area contributed by atoms with E-state index in [4.69, 9.17) is 0 Å². The molecule has 1 aliphatic rings. The Hall–Kier alpha value is -2.63. The van der Waals surface area contributed by atoms with Crippen molar-refractivity contribution in [3.8, 4) is 11.1 Å². The molecule has 0 fully saturated rings. The minimum atomic E-state index is -0.743. The second-order valence-electron chi connectivity index (χ2n) is 5.86. The SMILES string of the molecule is OC1c2cccnc2CN1Cc1ccc(-c2ccncc2)cc1F. The van der Waals surface area contributed by atoms with Crippen LogP contribution in [0.2, 0.25) is 0 Å². The zero-order valence-corrected chi connectivity index (χ0v) is 12.9. The molecule has 4 nitrogen and oxygen atoms in total. The maximum Gasteiger partial charge on any atom is 0.136 e. The summed E-state index contributed by atoms with van der Waals surface area (Å²) in [6.07, 6.45) is 4.34. The third-order valence-corrected chi connectivity index (χ3v) is 4.34. The molecule has 1 atom stereocenters. The minimum absolute atomic E-state index is 0.277. The van der Waals surface area contributed by atoms with E-state index in [9.17, 15) is 9.50 Å². The maximum atomic E-state index is 14.5. The summed E-state index contributed by atoms with van der Waals surface area (Å²) < 4.78 is 14.5. The summed E-state index contributed by atoms with van der Waals surface area (Å²) >= 11 is 0. The molecule has 3 aromatic rings. The Kier molecular flexibility index (Phi) is 3.80. The number of nitrogens with zero attached hydrogens (tertiary/aromatic N) is 3. The second kappa shape index (κ2) is 6.11. The van der Waals surface area contributed by atoms with Gasteiger partial charge in [0.2, 0.25) is 0 Å². The molecule has 3 heterocycles. The minimum Gasteiger partial charge on any atom is -0.374 e. The van der Waals surface area contributed by atoms with Gasteiger partial charge in [-0.05, 0) is 35.4 Å². The Balaban J connectivity index is 1.56. The molecule has 0 amide bonds. The van der Waals surface area contributed by atoms with Crippen LogP contribution in [-0.2, 0) is 13.1 Å². The largest absolute Gasteiger partial charge is 0.374 e. The fraction of sp³-hybridized carbons (Fsp3) is 0.158. The Morgan fingerprint density at radius 3 is 2.67 bits per heavy atom. The van der Waals surface area contributed by atoms with Gasteiger partial charge in [0.15, 0.2) is 0 Å². The van der Waals surface area contributed by atoms with Crippen LogP contribution in [0.4, 0.5) is 4.39 Å². The number of fused-ring (bicyclic) bond motifs is 1. The van der Waals surface area contributed by atoms with Crippen LogP contribution in [0.5, 0.6) is 0 Å². The lowest BCUT2D eigenvalue weighted by atomic mass is 10.0. The van der Waals surface area contributed by atoms with E-state index in [-0.39, 0.29) is 5.82 Å². The summed E-state index contributed by atoms with van der Waals surface area (Å²) in [4.78, 5) is 10.1. The lowest BCUT2D eigenvalue weighted by Gasteiger charge is -2.20. The van der Waals surface area contributed by atoms with Crippen LogP contribution in [0, 0.1) is 5.82 Å². The van der Waals surface area contributed by atoms with E-state index in [1.807, 2.05) is 29.2 Å². The summed E-state index contributed by atoms with van der Waals surface area (Å²) in [5.41, 5.74) is 3.93. The van der Waals surface area contributed by atoms with E-state index in [0.717, 1.165) is 22.4 Å². The summed E-state index contributed by atoms with van der Waals surface area (Å²) in [5, 5.41) is 10.4. The van der Waals surface area contributed by atoms with E-state index < -0.39 is 6.23 Å². The summed E-state index contributed by atoms with van der Waals surface area (Å²) in [7, 11) is 0. The van der Waals surface area contributed by atoms with Crippen LogP contribution in [0.3, 0.4) is 0 Å². The number of aromatic nitrogens is 2. The standard InChI is InChI=1S/C19H16FN3O/c20-17-10-14(13-5-8-21-9-6-13)3-4-15(17)11-23-12-18-16(19(23)24)2-1-7-22-18/h1-10,19,24H,11-12H2. The van der Waals surface area contributed by atoms with Gasteiger partial charge in [0.1, 0.15) is 12.0 Å². The van der Waals surface area contributed by atoms with Gasteiger partial charge in [0.25, 0.3) is 0 Å². The molecular formula is C19H16FN3O. The summed E-state index contributed by atoms with van der Waals surface area (Å²) in [6.45, 7) is 0.850. The molecule has 120 valence electrons. The molecule has 0 saturated carbocycles. The highest BCUT2D eigenvalue weighted by Gasteiger charge is 2.29. The topological polar surface area (TPSA) is 49.3 Å². The quantitative estimate of drug-likeness (QED) is 0.804. The molecular weight excluding hydrogens is 305 g/mol. The highest BCUT2D eigenvalue weighted by Crippen LogP contribution is 2.32. The second-order valence-corrected chi connectivity index (χ2v) is 5.86. The van der Waals surface area contributed by atoms with Crippen LogP contribution < -0.4 is 0 Å². The molecule has 0 saturated heterocycles. The fourth-order valence-corrected chi connectivity index (χ4v) is 3.05. The molecule has 5 heteroatoms. The summed E-state index contributed by atoms with van der Waals surface area (Å²) in [5.74, 6) is -0.277. The van der Waals surface area contributed by atoms with Crippen LogP contribution in [-0.4, -0.2) is 20.0 Å². The normalized spacial score (nSPS) is 17.0. The number of hydrogen-bond donors (Lipinski definition) is 1. The van der Waals surface area contributed by atoms with Gasteiger partial charge in [-0.15, -0.1) is 0 Å². The van der Waals surface area contributed by atoms with Gasteiger partial charge >= 0.3 is 0 Å². The Bertz CT molecular complexity index is 869. The van der Waals surface area contributed by atoms with Crippen molar-refractivity contribution in [3.05, 3.63) is 83.7 Å². The molecule has 24 heavy (non-hydrogen) atoms. The molecule has 2 aromatic heterocycles.